The number of amides is 4. The normalized spacial score (nSPS) is 33.0. The van der Waals surface area contributed by atoms with Gasteiger partial charge >= 0.3 is 17.9 Å². The summed E-state index contributed by atoms with van der Waals surface area (Å²) in [5.74, 6) is -20.5. The number of aliphatic hydroxyl groups is 17. The van der Waals surface area contributed by atoms with Gasteiger partial charge < -0.3 is 171 Å². The average Bonchev–Trinajstić information content (AvgIpc) is 0.755. The van der Waals surface area contributed by atoms with Crippen molar-refractivity contribution in [2.24, 2.45) is 0 Å². The molecule has 0 bridgehead atoms. The summed E-state index contributed by atoms with van der Waals surface area (Å²) >= 11 is 0. The number of rotatable bonds is 58. The van der Waals surface area contributed by atoms with Gasteiger partial charge in [0.1, 0.15) is 104 Å². The maximum Gasteiger partial charge on any atom is 0.364 e. The summed E-state index contributed by atoms with van der Waals surface area (Å²) in [5.41, 5.74) is 0. The van der Waals surface area contributed by atoms with Crippen molar-refractivity contribution >= 4 is 41.5 Å². The molecule has 5 heterocycles. The van der Waals surface area contributed by atoms with Crippen molar-refractivity contribution in [1.82, 2.24) is 21.3 Å². The Kier molecular flexibility index (Phi) is 46.7. The topological polar surface area (TPSA) is 665 Å². The number of carbonyl (C=O) groups is 7. The van der Waals surface area contributed by atoms with Gasteiger partial charge in [-0.2, -0.15) is 0 Å². The zero-order valence-corrected chi connectivity index (χ0v) is 69.6. The summed E-state index contributed by atoms with van der Waals surface area (Å²) in [4.78, 5) is 92.1. The molecule has 0 aromatic carbocycles. The van der Waals surface area contributed by atoms with Crippen LogP contribution in [-0.4, -0.2) is 366 Å². The number of aliphatic hydroxyl groups excluding tert-OH is 17. The number of unbranched alkanes of at least 4 members (excludes halogenated alkanes) is 24. The standard InChI is InChI=1S/C79H140N4O37/c1-6-8-10-12-14-16-18-20-22-24-26-28-30-32-47(92)46(83-56(97)33-31-29-27-25-23-21-19-17-15-13-11-9-7-2)42-111-72-65(103)64(102)67(55(41-88)113-72)114-73-66(104)71(61(99)52(38-85)112-73)120-79(76(109)110)36-50(95)59(82-45(5)91)70(119-79)63(101)54(40-87)116-78(75(107)108)35-49(94)58(81-44(4)90)69(118-78)62(100)53(39-86)115-77(74(105)106)34-48(93)57(80-43(3)89)68(117-77)60(98)51(96)37-84/h46-55,57-73,84-88,92-96,98-104H,6-42H2,1-5H3,(H,80,89)(H,81,90)(H,82,91)(H,83,97)(H,105,106)(H,107,108)(H,109,110). The molecule has 0 aliphatic carbocycles. The van der Waals surface area contributed by atoms with Crippen molar-refractivity contribution in [2.75, 3.05) is 39.6 Å². The van der Waals surface area contributed by atoms with Gasteiger partial charge in [-0.1, -0.05) is 174 Å². The lowest BCUT2D eigenvalue weighted by Gasteiger charge is -2.51. The minimum atomic E-state index is -3.57. The van der Waals surface area contributed by atoms with Gasteiger partial charge in [-0.15, -0.1) is 0 Å². The Morgan fingerprint density at radius 2 is 0.783 bits per heavy atom. The van der Waals surface area contributed by atoms with Crippen LogP contribution in [0.15, 0.2) is 0 Å². The quantitative estimate of drug-likeness (QED) is 0.0269. The fourth-order valence-electron chi connectivity index (χ4n) is 16.1. The van der Waals surface area contributed by atoms with Crippen LogP contribution < -0.4 is 21.3 Å². The molecule has 698 valence electrons. The Morgan fingerprint density at radius 3 is 1.16 bits per heavy atom. The van der Waals surface area contributed by atoms with E-state index >= 15 is 0 Å². The van der Waals surface area contributed by atoms with E-state index < -0.39 is 277 Å². The minimum absolute atomic E-state index is 0.146. The molecule has 120 heavy (non-hydrogen) atoms. The van der Waals surface area contributed by atoms with E-state index in [1.165, 1.54) is 89.9 Å². The molecule has 5 aliphatic heterocycles. The van der Waals surface area contributed by atoms with Crippen molar-refractivity contribution in [3.63, 3.8) is 0 Å². The number of aliphatic carboxylic acids is 3. The molecular weight excluding hydrogens is 1600 g/mol. The van der Waals surface area contributed by atoms with Gasteiger partial charge in [0.05, 0.1) is 88.2 Å². The third kappa shape index (κ3) is 30.8. The molecule has 0 radical (unpaired) electrons. The van der Waals surface area contributed by atoms with Crippen LogP contribution in [0.3, 0.4) is 0 Å². The van der Waals surface area contributed by atoms with Gasteiger partial charge in [-0.25, -0.2) is 14.4 Å². The van der Waals surface area contributed by atoms with Crippen LogP contribution in [0.1, 0.15) is 234 Å². The molecule has 24 N–H and O–H groups in total. The molecule has 30 unspecified atom stereocenters. The predicted molar refractivity (Wildman–Crippen MR) is 415 cm³/mol. The Hall–Kier alpha value is -4.79. The summed E-state index contributed by atoms with van der Waals surface area (Å²) in [5, 5.41) is 235. The molecule has 0 aromatic heterocycles. The highest BCUT2D eigenvalue weighted by atomic mass is 16.8. The molecule has 5 saturated heterocycles. The van der Waals surface area contributed by atoms with Crippen LogP contribution in [-0.2, 0) is 80.9 Å². The van der Waals surface area contributed by atoms with Crippen LogP contribution in [0.4, 0.5) is 0 Å². The van der Waals surface area contributed by atoms with E-state index in [2.05, 4.69) is 35.1 Å². The van der Waals surface area contributed by atoms with E-state index in [1.807, 2.05) is 0 Å². The number of carboxylic acid groups (broad SMARTS) is 3. The van der Waals surface area contributed by atoms with E-state index in [-0.39, 0.29) is 18.7 Å². The fourth-order valence-corrected chi connectivity index (χ4v) is 16.1. The second kappa shape index (κ2) is 53.0. The zero-order chi connectivity index (χ0) is 89.2. The summed E-state index contributed by atoms with van der Waals surface area (Å²) in [6.45, 7) is -0.0206. The monoisotopic (exact) mass is 1740 g/mol. The molecule has 0 spiro atoms. The van der Waals surface area contributed by atoms with E-state index in [9.17, 15) is 136 Å². The average molecular weight is 1740 g/mol. The maximum absolute atomic E-state index is 13.8. The third-order valence-electron chi connectivity index (χ3n) is 22.8. The van der Waals surface area contributed by atoms with Gasteiger partial charge in [0, 0.05) is 46.5 Å². The Morgan fingerprint density at radius 1 is 0.417 bits per heavy atom. The van der Waals surface area contributed by atoms with Crippen molar-refractivity contribution in [1.29, 1.82) is 0 Å². The molecule has 0 saturated carbocycles. The Bertz CT molecular complexity index is 3010. The molecule has 5 fully saturated rings. The molecule has 0 aromatic rings. The Labute approximate surface area is 699 Å². The number of hydrogen-bond acceptors (Lipinski definition) is 34. The summed E-state index contributed by atoms with van der Waals surface area (Å²) < 4.78 is 58.2. The third-order valence-corrected chi connectivity index (χ3v) is 22.8. The van der Waals surface area contributed by atoms with E-state index in [0.717, 1.165) is 85.0 Å². The molecule has 5 rings (SSSR count). The second-order valence-corrected chi connectivity index (χ2v) is 32.5. The first kappa shape index (κ1) is 106. The number of hydrogen-bond donors (Lipinski definition) is 24. The number of ether oxygens (including phenoxy) is 10. The molecule has 5 aliphatic rings. The maximum atomic E-state index is 13.8. The van der Waals surface area contributed by atoms with Gasteiger partial charge in [0.25, 0.3) is 17.4 Å². The van der Waals surface area contributed by atoms with Gasteiger partial charge in [0.2, 0.25) is 23.6 Å². The van der Waals surface area contributed by atoms with Crippen molar-refractivity contribution in [3.05, 3.63) is 0 Å². The highest BCUT2D eigenvalue weighted by Crippen LogP contribution is 2.43. The second-order valence-electron chi connectivity index (χ2n) is 32.5. The van der Waals surface area contributed by atoms with Crippen molar-refractivity contribution < 1.29 is 183 Å². The number of carboxylic acids is 3. The van der Waals surface area contributed by atoms with Crippen LogP contribution in [0.25, 0.3) is 0 Å². The fraction of sp³-hybridized carbons (Fsp3) is 0.911. The first-order chi connectivity index (χ1) is 57.0. The van der Waals surface area contributed by atoms with Crippen LogP contribution in [0.2, 0.25) is 0 Å². The van der Waals surface area contributed by atoms with Crippen LogP contribution in [0.5, 0.6) is 0 Å². The van der Waals surface area contributed by atoms with Gasteiger partial charge in [0.15, 0.2) is 12.6 Å². The molecule has 4 amide bonds. The SMILES string of the molecule is CCCCCCCCCCCCCCCC(=O)NC(COC1OC(CO)C(OC2OC(CO)C(O)C(OC3(C(=O)O)CC(O)C(NC(C)=O)C(C(O)C(CO)OC4(C(=O)O)CC(O)C(NC(C)=O)C(C(O)C(CO)OC5(C(=O)O)CC(O)C(NC(C)=O)C(C(O)C(O)CO)O5)O4)O3)C2O)C(O)C1O)C(O)CCCCCCCCCCCCCCC. The molecular formula is C79H140N4O37. The van der Waals surface area contributed by atoms with E-state index in [1.54, 1.807) is 0 Å². The zero-order valence-electron chi connectivity index (χ0n) is 69.6. The first-order valence-corrected chi connectivity index (χ1v) is 42.7. The predicted octanol–water partition coefficient (Wildman–Crippen LogP) is -3.04. The van der Waals surface area contributed by atoms with Crippen molar-refractivity contribution in [3.8, 4) is 0 Å². The van der Waals surface area contributed by atoms with Gasteiger partial charge in [-0.3, -0.25) is 19.2 Å². The largest absolute Gasteiger partial charge is 0.477 e. The lowest BCUT2D eigenvalue weighted by molar-refractivity contribution is -0.388. The van der Waals surface area contributed by atoms with Crippen LogP contribution >= 0.6 is 0 Å². The highest BCUT2D eigenvalue weighted by molar-refractivity contribution is 5.79. The van der Waals surface area contributed by atoms with E-state index in [0.29, 0.717) is 12.8 Å². The lowest BCUT2D eigenvalue weighted by Crippen LogP contribution is -2.72. The van der Waals surface area contributed by atoms with Crippen LogP contribution in [0, 0.1) is 0 Å². The summed E-state index contributed by atoms with van der Waals surface area (Å²) in [6.07, 6.45) is -26.8. The molecule has 41 heteroatoms. The number of carbonyl (C=O) groups excluding carboxylic acids is 4. The van der Waals surface area contributed by atoms with E-state index in [4.69, 9.17) is 47.4 Å². The van der Waals surface area contributed by atoms with Crippen molar-refractivity contribution in [2.45, 2.75) is 416 Å². The molecule has 30 atom stereocenters. The number of nitrogens with one attached hydrogen (secondary N) is 4. The Balaban J connectivity index is 1.36. The van der Waals surface area contributed by atoms with Gasteiger partial charge in [-0.05, 0) is 12.8 Å². The lowest BCUT2D eigenvalue weighted by atomic mass is 9.86. The first-order valence-electron chi connectivity index (χ1n) is 42.7. The smallest absolute Gasteiger partial charge is 0.364 e. The molecule has 41 nitrogen and oxygen atoms in total. The minimum Gasteiger partial charge on any atom is -0.477 e. The summed E-state index contributed by atoms with van der Waals surface area (Å²) in [7, 11) is 0. The summed E-state index contributed by atoms with van der Waals surface area (Å²) in [6, 6.07) is -6.93. The highest BCUT2D eigenvalue weighted by Gasteiger charge is 2.64.